The molecule has 1 aromatic carbocycles. The molecule has 19 heavy (non-hydrogen) atoms. The SMILES string of the molecule is Cc1cc(CNCCc2nccn2C)cc(C)c1O. The van der Waals surface area contributed by atoms with Crippen LogP contribution in [0.15, 0.2) is 24.5 Å². The summed E-state index contributed by atoms with van der Waals surface area (Å²) in [5.41, 5.74) is 3.06. The summed E-state index contributed by atoms with van der Waals surface area (Å²) >= 11 is 0. The third-order valence-corrected chi connectivity index (χ3v) is 3.33. The molecule has 2 N–H and O–H groups in total. The van der Waals surface area contributed by atoms with Crippen molar-refractivity contribution in [3.8, 4) is 5.75 Å². The average molecular weight is 259 g/mol. The lowest BCUT2D eigenvalue weighted by Crippen LogP contribution is -2.18. The summed E-state index contributed by atoms with van der Waals surface area (Å²) in [6, 6.07) is 4.05. The van der Waals surface area contributed by atoms with Crippen LogP contribution < -0.4 is 5.32 Å². The highest BCUT2D eigenvalue weighted by atomic mass is 16.3. The number of aromatic nitrogens is 2. The fraction of sp³-hybridized carbons (Fsp3) is 0.400. The summed E-state index contributed by atoms with van der Waals surface area (Å²) in [4.78, 5) is 4.29. The van der Waals surface area contributed by atoms with E-state index in [0.29, 0.717) is 5.75 Å². The van der Waals surface area contributed by atoms with Gasteiger partial charge in [-0.25, -0.2) is 4.98 Å². The minimum Gasteiger partial charge on any atom is -0.507 e. The van der Waals surface area contributed by atoms with E-state index in [-0.39, 0.29) is 0 Å². The fourth-order valence-electron chi connectivity index (χ4n) is 2.22. The van der Waals surface area contributed by atoms with E-state index in [4.69, 9.17) is 0 Å². The van der Waals surface area contributed by atoms with Crippen LogP contribution in [0.25, 0.3) is 0 Å². The largest absolute Gasteiger partial charge is 0.507 e. The molecule has 0 unspecified atom stereocenters. The Morgan fingerprint density at radius 1 is 1.26 bits per heavy atom. The van der Waals surface area contributed by atoms with Crippen molar-refractivity contribution in [1.29, 1.82) is 0 Å². The van der Waals surface area contributed by atoms with E-state index in [1.165, 1.54) is 5.56 Å². The molecule has 0 saturated carbocycles. The van der Waals surface area contributed by atoms with Crippen LogP contribution in [-0.4, -0.2) is 21.2 Å². The molecule has 0 amide bonds. The van der Waals surface area contributed by atoms with Crippen molar-refractivity contribution >= 4 is 0 Å². The first-order chi connectivity index (χ1) is 9.08. The fourth-order valence-corrected chi connectivity index (χ4v) is 2.22. The molecule has 0 aliphatic heterocycles. The molecule has 0 fully saturated rings. The smallest absolute Gasteiger partial charge is 0.121 e. The van der Waals surface area contributed by atoms with Gasteiger partial charge in [-0.15, -0.1) is 0 Å². The molecule has 0 aliphatic rings. The topological polar surface area (TPSA) is 50.1 Å². The number of aromatic hydroxyl groups is 1. The quantitative estimate of drug-likeness (QED) is 0.808. The number of rotatable bonds is 5. The van der Waals surface area contributed by atoms with Gasteiger partial charge in [0, 0.05) is 39.0 Å². The van der Waals surface area contributed by atoms with Crippen molar-refractivity contribution in [2.24, 2.45) is 7.05 Å². The predicted octanol–water partition coefficient (Wildman–Crippen LogP) is 2.07. The second-order valence-corrected chi connectivity index (χ2v) is 4.96. The van der Waals surface area contributed by atoms with Crippen molar-refractivity contribution in [3.05, 3.63) is 47.0 Å². The third kappa shape index (κ3) is 3.35. The highest BCUT2D eigenvalue weighted by Gasteiger charge is 2.03. The number of nitrogens with one attached hydrogen (secondary N) is 1. The summed E-state index contributed by atoms with van der Waals surface area (Å²) in [5, 5.41) is 13.1. The number of imidazole rings is 1. The van der Waals surface area contributed by atoms with Crippen molar-refractivity contribution in [3.63, 3.8) is 0 Å². The van der Waals surface area contributed by atoms with Crippen molar-refractivity contribution in [2.75, 3.05) is 6.54 Å². The molecule has 4 heteroatoms. The summed E-state index contributed by atoms with van der Waals surface area (Å²) < 4.78 is 2.04. The van der Waals surface area contributed by atoms with E-state index >= 15 is 0 Å². The van der Waals surface area contributed by atoms with Gasteiger partial charge in [-0.2, -0.15) is 0 Å². The molecule has 0 atom stereocenters. The van der Waals surface area contributed by atoms with Crippen LogP contribution in [0.5, 0.6) is 5.75 Å². The molecule has 1 aromatic heterocycles. The number of benzene rings is 1. The molecule has 0 saturated heterocycles. The highest BCUT2D eigenvalue weighted by Crippen LogP contribution is 2.22. The Kier molecular flexibility index (Phi) is 4.22. The highest BCUT2D eigenvalue weighted by molar-refractivity contribution is 5.42. The molecular weight excluding hydrogens is 238 g/mol. The van der Waals surface area contributed by atoms with E-state index in [0.717, 1.165) is 36.5 Å². The van der Waals surface area contributed by atoms with Gasteiger partial charge in [-0.3, -0.25) is 0 Å². The van der Waals surface area contributed by atoms with Gasteiger partial charge in [0.05, 0.1) is 0 Å². The van der Waals surface area contributed by atoms with Crippen LogP contribution in [0.1, 0.15) is 22.5 Å². The molecule has 2 aromatic rings. The minimum atomic E-state index is 0.400. The lowest BCUT2D eigenvalue weighted by Gasteiger charge is -2.09. The molecule has 0 radical (unpaired) electrons. The van der Waals surface area contributed by atoms with E-state index in [1.54, 1.807) is 0 Å². The molecule has 0 spiro atoms. The van der Waals surface area contributed by atoms with Crippen molar-refractivity contribution in [2.45, 2.75) is 26.8 Å². The molecule has 4 nitrogen and oxygen atoms in total. The van der Waals surface area contributed by atoms with Gasteiger partial charge in [0.1, 0.15) is 11.6 Å². The maximum absolute atomic E-state index is 9.73. The Balaban J connectivity index is 1.85. The Morgan fingerprint density at radius 3 is 2.53 bits per heavy atom. The average Bonchev–Trinajstić information content (AvgIpc) is 2.77. The van der Waals surface area contributed by atoms with E-state index in [9.17, 15) is 5.11 Å². The monoisotopic (exact) mass is 259 g/mol. The summed E-state index contributed by atoms with van der Waals surface area (Å²) in [5.74, 6) is 1.49. The second-order valence-electron chi connectivity index (χ2n) is 4.96. The Hall–Kier alpha value is -1.81. The van der Waals surface area contributed by atoms with Gasteiger partial charge in [-0.1, -0.05) is 12.1 Å². The molecule has 0 bridgehead atoms. The maximum Gasteiger partial charge on any atom is 0.121 e. The summed E-state index contributed by atoms with van der Waals surface area (Å²) in [6.45, 7) is 5.57. The molecular formula is C15H21N3O. The van der Waals surface area contributed by atoms with Gasteiger partial charge in [0.15, 0.2) is 0 Å². The molecule has 1 heterocycles. The van der Waals surface area contributed by atoms with Gasteiger partial charge in [0.25, 0.3) is 0 Å². The predicted molar refractivity (Wildman–Crippen MR) is 76.2 cm³/mol. The van der Waals surface area contributed by atoms with Gasteiger partial charge < -0.3 is 15.0 Å². The number of hydrogen-bond acceptors (Lipinski definition) is 3. The maximum atomic E-state index is 9.73. The van der Waals surface area contributed by atoms with Crippen molar-refractivity contribution in [1.82, 2.24) is 14.9 Å². The Labute approximate surface area is 114 Å². The first-order valence-corrected chi connectivity index (χ1v) is 6.54. The molecule has 2 rings (SSSR count). The van der Waals surface area contributed by atoms with E-state index < -0.39 is 0 Å². The van der Waals surface area contributed by atoms with Crippen LogP contribution >= 0.6 is 0 Å². The summed E-state index contributed by atoms with van der Waals surface area (Å²) in [7, 11) is 2.01. The molecule has 0 aliphatic carbocycles. The third-order valence-electron chi connectivity index (χ3n) is 3.33. The number of phenols is 1. The first kappa shape index (κ1) is 13.6. The zero-order valence-corrected chi connectivity index (χ0v) is 11.8. The lowest BCUT2D eigenvalue weighted by molar-refractivity contribution is 0.466. The normalized spacial score (nSPS) is 10.9. The number of aryl methyl sites for hydroxylation is 3. The standard InChI is InChI=1S/C15H21N3O/c1-11-8-13(9-12(2)15(11)19)10-16-5-4-14-17-6-7-18(14)3/h6-9,16,19H,4-5,10H2,1-3H3. The van der Waals surface area contributed by atoms with Gasteiger partial charge in [-0.05, 0) is 30.5 Å². The van der Waals surface area contributed by atoms with Crippen LogP contribution in [0, 0.1) is 13.8 Å². The number of nitrogens with zero attached hydrogens (tertiary/aromatic N) is 2. The Bertz CT molecular complexity index is 537. The molecule has 102 valence electrons. The lowest BCUT2D eigenvalue weighted by atomic mass is 10.1. The first-order valence-electron chi connectivity index (χ1n) is 6.54. The number of phenolic OH excluding ortho intramolecular Hbond substituents is 1. The Morgan fingerprint density at radius 2 is 1.95 bits per heavy atom. The summed E-state index contributed by atoms with van der Waals surface area (Å²) in [6.07, 6.45) is 4.70. The van der Waals surface area contributed by atoms with Gasteiger partial charge in [0.2, 0.25) is 0 Å². The van der Waals surface area contributed by atoms with Crippen molar-refractivity contribution < 1.29 is 5.11 Å². The number of hydrogen-bond donors (Lipinski definition) is 2. The van der Waals surface area contributed by atoms with Crippen LogP contribution in [0.2, 0.25) is 0 Å². The van der Waals surface area contributed by atoms with Crippen LogP contribution in [-0.2, 0) is 20.0 Å². The van der Waals surface area contributed by atoms with Gasteiger partial charge >= 0.3 is 0 Å². The minimum absolute atomic E-state index is 0.400. The van der Waals surface area contributed by atoms with Crippen LogP contribution in [0.4, 0.5) is 0 Å². The van der Waals surface area contributed by atoms with E-state index in [1.807, 2.05) is 50.0 Å². The zero-order chi connectivity index (χ0) is 13.8. The zero-order valence-electron chi connectivity index (χ0n) is 11.8. The van der Waals surface area contributed by atoms with E-state index in [2.05, 4.69) is 10.3 Å². The van der Waals surface area contributed by atoms with Crippen LogP contribution in [0.3, 0.4) is 0 Å². The second kappa shape index (κ2) is 5.89.